The fraction of sp³-hybridized carbons (Fsp3) is 0.333. The molecule has 0 bridgehead atoms. The lowest BCUT2D eigenvalue weighted by Crippen LogP contribution is -2.07. The number of benzene rings is 2. The number of nitrogens with one attached hydrogen (secondary N) is 1. The zero-order chi connectivity index (χ0) is 15.4. The number of methoxy groups -OCH3 is 1. The van der Waals surface area contributed by atoms with Crippen molar-refractivity contribution in [1.29, 1.82) is 0 Å². The molecule has 21 heavy (non-hydrogen) atoms. The standard InChI is InChI=1S/C18H22FNO/c1-12(2)14-5-8-16(9-6-14)20-13(3)15-7-10-17(19)18(11-15)21-4/h5-13,20H,1-4H3. The molecule has 0 aliphatic rings. The molecule has 0 aliphatic carbocycles. The molecule has 0 saturated heterocycles. The Labute approximate surface area is 126 Å². The summed E-state index contributed by atoms with van der Waals surface area (Å²) in [7, 11) is 1.48. The second-order valence-corrected chi connectivity index (χ2v) is 5.54. The first-order chi connectivity index (χ1) is 10.0. The quantitative estimate of drug-likeness (QED) is 0.823. The number of halogens is 1. The Morgan fingerprint density at radius 3 is 2.14 bits per heavy atom. The summed E-state index contributed by atoms with van der Waals surface area (Å²) < 4.78 is 18.5. The van der Waals surface area contributed by atoms with E-state index in [9.17, 15) is 4.39 Å². The van der Waals surface area contributed by atoms with Crippen LogP contribution in [0.2, 0.25) is 0 Å². The second-order valence-electron chi connectivity index (χ2n) is 5.54. The van der Waals surface area contributed by atoms with Gasteiger partial charge in [-0.2, -0.15) is 0 Å². The number of anilines is 1. The van der Waals surface area contributed by atoms with E-state index in [1.54, 1.807) is 12.1 Å². The van der Waals surface area contributed by atoms with Gasteiger partial charge in [-0.25, -0.2) is 4.39 Å². The normalized spacial score (nSPS) is 12.3. The molecule has 0 fully saturated rings. The molecule has 2 rings (SSSR count). The zero-order valence-corrected chi connectivity index (χ0v) is 13.0. The van der Waals surface area contributed by atoms with Crippen molar-refractivity contribution >= 4 is 5.69 Å². The van der Waals surface area contributed by atoms with Gasteiger partial charge in [0.2, 0.25) is 0 Å². The molecule has 0 aromatic heterocycles. The van der Waals surface area contributed by atoms with Crippen LogP contribution < -0.4 is 10.1 Å². The molecule has 0 radical (unpaired) electrons. The van der Waals surface area contributed by atoms with Crippen molar-refractivity contribution in [3.05, 3.63) is 59.4 Å². The third kappa shape index (κ3) is 3.75. The first kappa shape index (κ1) is 15.4. The summed E-state index contributed by atoms with van der Waals surface area (Å²) in [6.07, 6.45) is 0. The van der Waals surface area contributed by atoms with Crippen LogP contribution in [0.1, 0.15) is 43.9 Å². The minimum absolute atomic E-state index is 0.0735. The largest absolute Gasteiger partial charge is 0.494 e. The summed E-state index contributed by atoms with van der Waals surface area (Å²) in [6.45, 7) is 6.40. The Balaban J connectivity index is 2.12. The number of rotatable bonds is 5. The zero-order valence-electron chi connectivity index (χ0n) is 13.0. The van der Waals surface area contributed by atoms with Gasteiger partial charge in [0.25, 0.3) is 0 Å². The molecular formula is C18H22FNO. The topological polar surface area (TPSA) is 21.3 Å². The third-order valence-electron chi connectivity index (χ3n) is 3.64. The minimum atomic E-state index is -0.338. The maximum Gasteiger partial charge on any atom is 0.165 e. The average Bonchev–Trinajstić information content (AvgIpc) is 2.48. The van der Waals surface area contributed by atoms with Crippen molar-refractivity contribution < 1.29 is 9.13 Å². The monoisotopic (exact) mass is 287 g/mol. The highest BCUT2D eigenvalue weighted by molar-refractivity contribution is 5.47. The van der Waals surface area contributed by atoms with Gasteiger partial charge in [0.05, 0.1) is 7.11 Å². The van der Waals surface area contributed by atoms with E-state index in [2.05, 4.69) is 43.4 Å². The maximum absolute atomic E-state index is 13.4. The lowest BCUT2D eigenvalue weighted by Gasteiger charge is -2.17. The number of ether oxygens (including phenoxy) is 1. The highest BCUT2D eigenvalue weighted by atomic mass is 19.1. The highest BCUT2D eigenvalue weighted by Crippen LogP contribution is 2.26. The summed E-state index contributed by atoms with van der Waals surface area (Å²) in [5.74, 6) is 0.462. The van der Waals surface area contributed by atoms with Gasteiger partial charge in [-0.05, 0) is 48.2 Å². The summed E-state index contributed by atoms with van der Waals surface area (Å²) in [5.41, 5.74) is 3.35. The lowest BCUT2D eigenvalue weighted by atomic mass is 10.0. The van der Waals surface area contributed by atoms with Crippen LogP contribution in [0.15, 0.2) is 42.5 Å². The van der Waals surface area contributed by atoms with Crippen LogP contribution in [0.25, 0.3) is 0 Å². The fourth-order valence-electron chi connectivity index (χ4n) is 2.24. The number of hydrogen-bond acceptors (Lipinski definition) is 2. The Hall–Kier alpha value is -2.03. The average molecular weight is 287 g/mol. The van der Waals surface area contributed by atoms with Gasteiger partial charge >= 0.3 is 0 Å². The molecule has 2 nitrogen and oxygen atoms in total. The fourth-order valence-corrected chi connectivity index (χ4v) is 2.24. The van der Waals surface area contributed by atoms with Crippen LogP contribution in [0, 0.1) is 5.82 Å². The summed E-state index contributed by atoms with van der Waals surface area (Å²) in [6, 6.07) is 13.4. The van der Waals surface area contributed by atoms with Crippen molar-refractivity contribution in [2.24, 2.45) is 0 Å². The predicted molar refractivity (Wildman–Crippen MR) is 85.5 cm³/mol. The van der Waals surface area contributed by atoms with Crippen molar-refractivity contribution in [2.75, 3.05) is 12.4 Å². The van der Waals surface area contributed by atoms with Crippen LogP contribution >= 0.6 is 0 Å². The van der Waals surface area contributed by atoms with E-state index < -0.39 is 0 Å². The van der Waals surface area contributed by atoms with Crippen molar-refractivity contribution in [3.63, 3.8) is 0 Å². The van der Waals surface area contributed by atoms with Gasteiger partial charge in [0.15, 0.2) is 11.6 Å². The molecule has 0 heterocycles. The van der Waals surface area contributed by atoms with Crippen LogP contribution in [0.3, 0.4) is 0 Å². The van der Waals surface area contributed by atoms with E-state index in [0.29, 0.717) is 5.92 Å². The summed E-state index contributed by atoms with van der Waals surface area (Å²) in [5, 5.41) is 3.42. The van der Waals surface area contributed by atoms with E-state index in [4.69, 9.17) is 4.74 Å². The minimum Gasteiger partial charge on any atom is -0.494 e. The van der Waals surface area contributed by atoms with Crippen LogP contribution in [0.4, 0.5) is 10.1 Å². The molecule has 0 amide bonds. The van der Waals surface area contributed by atoms with Gasteiger partial charge in [-0.1, -0.05) is 32.0 Å². The Morgan fingerprint density at radius 2 is 1.57 bits per heavy atom. The lowest BCUT2D eigenvalue weighted by molar-refractivity contribution is 0.385. The molecular weight excluding hydrogens is 265 g/mol. The summed E-state index contributed by atoms with van der Waals surface area (Å²) in [4.78, 5) is 0. The predicted octanol–water partition coefficient (Wildman–Crippen LogP) is 5.13. The molecule has 112 valence electrons. The molecule has 0 saturated carbocycles. The van der Waals surface area contributed by atoms with E-state index in [1.807, 2.05) is 6.92 Å². The van der Waals surface area contributed by atoms with Gasteiger partial charge in [0, 0.05) is 11.7 Å². The van der Waals surface area contributed by atoms with Gasteiger partial charge < -0.3 is 10.1 Å². The molecule has 3 heteroatoms. The summed E-state index contributed by atoms with van der Waals surface area (Å²) >= 11 is 0. The molecule has 0 aliphatic heterocycles. The van der Waals surface area contributed by atoms with Crippen molar-refractivity contribution in [3.8, 4) is 5.75 Å². The molecule has 1 atom stereocenters. The van der Waals surface area contributed by atoms with E-state index >= 15 is 0 Å². The molecule has 0 spiro atoms. The molecule has 1 N–H and O–H groups in total. The highest BCUT2D eigenvalue weighted by Gasteiger charge is 2.10. The Kier molecular flexibility index (Phi) is 4.84. The maximum atomic E-state index is 13.4. The van der Waals surface area contributed by atoms with Crippen molar-refractivity contribution in [2.45, 2.75) is 32.7 Å². The molecule has 2 aromatic rings. The SMILES string of the molecule is COc1cc(C(C)Nc2ccc(C(C)C)cc2)ccc1F. The van der Waals surface area contributed by atoms with E-state index in [-0.39, 0.29) is 17.6 Å². The van der Waals surface area contributed by atoms with Gasteiger partial charge in [-0.15, -0.1) is 0 Å². The molecule has 1 unspecified atom stereocenters. The van der Waals surface area contributed by atoms with Crippen LogP contribution in [-0.4, -0.2) is 7.11 Å². The third-order valence-corrected chi connectivity index (χ3v) is 3.64. The van der Waals surface area contributed by atoms with Crippen LogP contribution in [0.5, 0.6) is 5.75 Å². The Morgan fingerprint density at radius 1 is 0.952 bits per heavy atom. The second kappa shape index (κ2) is 6.61. The van der Waals surface area contributed by atoms with Gasteiger partial charge in [-0.3, -0.25) is 0 Å². The molecule has 2 aromatic carbocycles. The van der Waals surface area contributed by atoms with Crippen molar-refractivity contribution in [1.82, 2.24) is 0 Å². The Bertz CT molecular complexity index is 593. The van der Waals surface area contributed by atoms with Crippen LogP contribution in [-0.2, 0) is 0 Å². The first-order valence-electron chi connectivity index (χ1n) is 7.21. The van der Waals surface area contributed by atoms with Gasteiger partial charge in [0.1, 0.15) is 0 Å². The van der Waals surface area contributed by atoms with E-state index in [0.717, 1.165) is 11.3 Å². The first-order valence-corrected chi connectivity index (χ1v) is 7.21. The number of hydrogen-bond donors (Lipinski definition) is 1. The smallest absolute Gasteiger partial charge is 0.165 e. The van der Waals surface area contributed by atoms with E-state index in [1.165, 1.54) is 18.7 Å².